The van der Waals surface area contributed by atoms with Crippen molar-refractivity contribution >= 4 is 43.2 Å². The summed E-state index contributed by atoms with van der Waals surface area (Å²) in [6, 6.07) is 9.98. The monoisotopic (exact) mass is 387 g/mol. The van der Waals surface area contributed by atoms with Crippen LogP contribution in [-0.2, 0) is 6.42 Å². The molecule has 0 bridgehead atoms. The Morgan fingerprint density at radius 2 is 2.12 bits per heavy atom. The lowest BCUT2D eigenvalue weighted by Gasteiger charge is -2.16. The number of carbonyl (C=O) groups excluding carboxylic acids is 1. The number of nitrogens with zero attached hydrogens (tertiary/aromatic N) is 2. The highest BCUT2D eigenvalue weighted by Crippen LogP contribution is 2.34. The van der Waals surface area contributed by atoms with Crippen molar-refractivity contribution in [2.24, 2.45) is 0 Å². The van der Waals surface area contributed by atoms with Gasteiger partial charge in [0.15, 0.2) is 5.13 Å². The van der Waals surface area contributed by atoms with E-state index in [0.717, 1.165) is 39.9 Å². The molecule has 2 aromatic heterocycles. The summed E-state index contributed by atoms with van der Waals surface area (Å²) >= 11 is 3.10. The van der Waals surface area contributed by atoms with Gasteiger partial charge >= 0.3 is 0 Å². The molecule has 4 rings (SSSR count). The molecular formula is C19H21N3O2S2. The Bertz CT molecular complexity index is 873. The van der Waals surface area contributed by atoms with Crippen LogP contribution in [0, 0.1) is 0 Å². The molecule has 3 aromatic rings. The van der Waals surface area contributed by atoms with Crippen molar-refractivity contribution in [2.75, 3.05) is 24.5 Å². The maximum Gasteiger partial charge on any atom is 0.261 e. The molecule has 5 nitrogen and oxygen atoms in total. The minimum atomic E-state index is -0.0517. The molecule has 0 radical (unpaired) electrons. The lowest BCUT2D eigenvalue weighted by molar-refractivity contribution is 0.0937. The van der Waals surface area contributed by atoms with Crippen LogP contribution in [0.1, 0.15) is 29.1 Å². The molecule has 0 saturated carbocycles. The van der Waals surface area contributed by atoms with Crippen LogP contribution in [0.2, 0.25) is 0 Å². The highest BCUT2D eigenvalue weighted by molar-refractivity contribution is 7.29. The van der Waals surface area contributed by atoms with E-state index in [1.807, 2.05) is 24.3 Å². The van der Waals surface area contributed by atoms with E-state index >= 15 is 0 Å². The molecule has 1 N–H and O–H groups in total. The quantitative estimate of drug-likeness (QED) is 0.696. The normalized spacial score (nSPS) is 15.7. The molecule has 1 unspecified atom stereocenters. The molecular weight excluding hydrogens is 366 g/mol. The van der Waals surface area contributed by atoms with Gasteiger partial charge in [0.25, 0.3) is 5.91 Å². The number of thiophene rings is 1. The second-order valence-corrected chi connectivity index (χ2v) is 8.25. The van der Waals surface area contributed by atoms with E-state index in [-0.39, 0.29) is 12.0 Å². The molecule has 1 aliphatic heterocycles. The number of para-hydroxylation sites is 1. The Kier molecular flexibility index (Phi) is 4.82. The fourth-order valence-corrected chi connectivity index (χ4v) is 5.38. The third-order valence-electron chi connectivity index (χ3n) is 4.54. The number of aromatic nitrogens is 1. The van der Waals surface area contributed by atoms with Gasteiger partial charge in [-0.25, -0.2) is 4.98 Å². The van der Waals surface area contributed by atoms with Gasteiger partial charge in [0.1, 0.15) is 16.7 Å². The lowest BCUT2D eigenvalue weighted by Crippen LogP contribution is -2.34. The molecule has 136 valence electrons. The zero-order valence-corrected chi connectivity index (χ0v) is 16.5. The summed E-state index contributed by atoms with van der Waals surface area (Å²) in [5.74, 6) is 0.876. The Morgan fingerprint density at radius 1 is 1.31 bits per heavy atom. The third kappa shape index (κ3) is 3.29. The predicted octanol–water partition coefficient (Wildman–Crippen LogP) is 3.94. The van der Waals surface area contributed by atoms with Crippen molar-refractivity contribution in [3.8, 4) is 5.75 Å². The molecule has 1 aromatic carbocycles. The van der Waals surface area contributed by atoms with Crippen molar-refractivity contribution in [1.29, 1.82) is 0 Å². The number of benzene rings is 1. The molecule has 26 heavy (non-hydrogen) atoms. The highest BCUT2D eigenvalue weighted by Gasteiger charge is 2.23. The molecule has 3 heterocycles. The molecule has 1 atom stereocenters. The SMILES string of the molecule is CCN(CC)c1nc2sc(C(=O)NCC3Cc4ccccc4O3)cc2s1. The van der Waals surface area contributed by atoms with E-state index in [9.17, 15) is 4.79 Å². The number of hydrogen-bond acceptors (Lipinski definition) is 6. The van der Waals surface area contributed by atoms with Crippen molar-refractivity contribution in [3.05, 3.63) is 40.8 Å². The Morgan fingerprint density at radius 3 is 2.85 bits per heavy atom. The number of amides is 1. The number of rotatable bonds is 6. The lowest BCUT2D eigenvalue weighted by atomic mass is 10.1. The minimum absolute atomic E-state index is 0.00447. The van der Waals surface area contributed by atoms with Crippen molar-refractivity contribution in [3.63, 3.8) is 0 Å². The van der Waals surface area contributed by atoms with E-state index in [0.29, 0.717) is 11.4 Å². The maximum atomic E-state index is 12.5. The number of carbonyl (C=O) groups is 1. The van der Waals surface area contributed by atoms with Gasteiger partial charge in [0.05, 0.1) is 16.1 Å². The number of thiazole rings is 1. The third-order valence-corrected chi connectivity index (χ3v) is 6.76. The largest absolute Gasteiger partial charge is 0.488 e. The van der Waals surface area contributed by atoms with E-state index in [1.165, 1.54) is 16.9 Å². The first-order chi connectivity index (χ1) is 12.7. The fraction of sp³-hybridized carbons (Fsp3) is 0.368. The van der Waals surface area contributed by atoms with Crippen LogP contribution in [0.5, 0.6) is 5.75 Å². The molecule has 0 saturated heterocycles. The molecule has 7 heteroatoms. The fourth-order valence-electron chi connectivity index (χ4n) is 3.13. The number of fused-ring (bicyclic) bond motifs is 2. The van der Waals surface area contributed by atoms with Crippen LogP contribution in [0.15, 0.2) is 30.3 Å². The smallest absolute Gasteiger partial charge is 0.261 e. The summed E-state index contributed by atoms with van der Waals surface area (Å²) in [6.07, 6.45) is 0.843. The van der Waals surface area contributed by atoms with Crippen molar-refractivity contribution in [1.82, 2.24) is 10.3 Å². The van der Waals surface area contributed by atoms with Crippen molar-refractivity contribution < 1.29 is 9.53 Å². The van der Waals surface area contributed by atoms with Gasteiger partial charge in [0.2, 0.25) is 0 Å². The van der Waals surface area contributed by atoms with E-state index in [4.69, 9.17) is 4.74 Å². The zero-order chi connectivity index (χ0) is 18.1. The van der Waals surface area contributed by atoms with Gasteiger partial charge in [-0.15, -0.1) is 11.3 Å². The summed E-state index contributed by atoms with van der Waals surface area (Å²) in [4.78, 5) is 21.0. The summed E-state index contributed by atoms with van der Waals surface area (Å²) < 4.78 is 6.95. The van der Waals surface area contributed by atoms with Crippen LogP contribution in [0.25, 0.3) is 9.53 Å². The summed E-state index contributed by atoms with van der Waals surface area (Å²) in [5.41, 5.74) is 1.21. The van der Waals surface area contributed by atoms with Gasteiger partial charge in [-0.05, 0) is 31.5 Å². The second kappa shape index (κ2) is 7.25. The first kappa shape index (κ1) is 17.3. The Balaban J connectivity index is 1.38. The molecule has 1 amide bonds. The van der Waals surface area contributed by atoms with Crippen molar-refractivity contribution in [2.45, 2.75) is 26.4 Å². The van der Waals surface area contributed by atoms with Gasteiger partial charge in [-0.1, -0.05) is 29.5 Å². The first-order valence-electron chi connectivity index (χ1n) is 8.86. The zero-order valence-electron chi connectivity index (χ0n) is 14.8. The van der Waals surface area contributed by atoms with Gasteiger partial charge in [0, 0.05) is 19.5 Å². The van der Waals surface area contributed by atoms with Crippen LogP contribution in [0.3, 0.4) is 0 Å². The predicted molar refractivity (Wildman–Crippen MR) is 108 cm³/mol. The average Bonchev–Trinajstić information content (AvgIpc) is 3.33. The molecule has 0 fully saturated rings. The molecule has 0 aliphatic carbocycles. The molecule has 0 spiro atoms. The van der Waals surface area contributed by atoms with Crippen LogP contribution in [0.4, 0.5) is 5.13 Å². The summed E-state index contributed by atoms with van der Waals surface area (Å²) in [6.45, 7) is 6.64. The minimum Gasteiger partial charge on any atom is -0.488 e. The van der Waals surface area contributed by atoms with E-state index in [2.05, 4.69) is 35.1 Å². The van der Waals surface area contributed by atoms with Crippen LogP contribution >= 0.6 is 22.7 Å². The number of nitrogens with one attached hydrogen (secondary N) is 1. The Labute approximate surface area is 160 Å². The standard InChI is InChI=1S/C19H21N3O2S2/c1-3-22(4-2)19-21-18-16(26-19)10-15(25-18)17(23)20-11-13-9-12-7-5-6-8-14(12)24-13/h5-8,10,13H,3-4,9,11H2,1-2H3,(H,20,23). The molecule has 1 aliphatic rings. The van der Waals surface area contributed by atoms with Gasteiger partial charge in [-0.3, -0.25) is 4.79 Å². The summed E-state index contributed by atoms with van der Waals surface area (Å²) in [7, 11) is 0. The summed E-state index contributed by atoms with van der Waals surface area (Å²) in [5, 5.41) is 4.03. The average molecular weight is 388 g/mol. The van der Waals surface area contributed by atoms with Gasteiger partial charge < -0.3 is 15.0 Å². The maximum absolute atomic E-state index is 12.5. The van der Waals surface area contributed by atoms with E-state index in [1.54, 1.807) is 11.3 Å². The number of hydrogen-bond donors (Lipinski definition) is 1. The second-order valence-electron chi connectivity index (χ2n) is 6.21. The number of anilines is 1. The topological polar surface area (TPSA) is 54.5 Å². The Hall–Kier alpha value is -2.12. The first-order valence-corrected chi connectivity index (χ1v) is 10.5. The van der Waals surface area contributed by atoms with Crippen LogP contribution in [-0.4, -0.2) is 36.6 Å². The van der Waals surface area contributed by atoms with E-state index < -0.39 is 0 Å². The number of ether oxygens (including phenoxy) is 1. The van der Waals surface area contributed by atoms with Crippen LogP contribution < -0.4 is 15.0 Å². The van der Waals surface area contributed by atoms with Gasteiger partial charge in [-0.2, -0.15) is 0 Å². The highest BCUT2D eigenvalue weighted by atomic mass is 32.1.